The van der Waals surface area contributed by atoms with E-state index in [0.29, 0.717) is 24.2 Å². The van der Waals surface area contributed by atoms with E-state index in [1.807, 2.05) is 53.8 Å². The molecule has 1 aromatic heterocycles. The SMILES string of the molecule is CC1(C)CC(=O)C2=C(C1)OC(N)=C(C#N)C2c1cn(CC(=O)N2CCCC2)c2ccccc12. The zero-order valence-corrected chi connectivity index (χ0v) is 19.1. The summed E-state index contributed by atoms with van der Waals surface area (Å²) >= 11 is 0. The van der Waals surface area contributed by atoms with Crippen molar-refractivity contribution in [3.8, 4) is 6.07 Å². The minimum atomic E-state index is -0.601. The predicted molar refractivity (Wildman–Crippen MR) is 123 cm³/mol. The van der Waals surface area contributed by atoms with Crippen LogP contribution in [0.5, 0.6) is 0 Å². The first-order chi connectivity index (χ1) is 15.8. The number of benzene rings is 1. The molecule has 1 aliphatic carbocycles. The smallest absolute Gasteiger partial charge is 0.242 e. The van der Waals surface area contributed by atoms with Gasteiger partial charge < -0.3 is 19.9 Å². The van der Waals surface area contributed by atoms with Crippen molar-refractivity contribution in [3.05, 3.63) is 58.8 Å². The molecule has 2 aromatic rings. The molecule has 1 unspecified atom stereocenters. The van der Waals surface area contributed by atoms with Crippen molar-refractivity contribution in [1.29, 1.82) is 5.26 Å². The number of nitriles is 1. The molecule has 1 atom stereocenters. The molecule has 2 N–H and O–H groups in total. The highest BCUT2D eigenvalue weighted by atomic mass is 16.5. The van der Waals surface area contributed by atoms with Gasteiger partial charge in [0, 0.05) is 48.6 Å². The van der Waals surface area contributed by atoms with E-state index in [0.717, 1.165) is 42.4 Å². The molecular weight excluding hydrogens is 416 g/mol. The molecule has 1 aromatic carbocycles. The molecule has 1 saturated heterocycles. The summed E-state index contributed by atoms with van der Waals surface area (Å²) < 4.78 is 7.76. The third-order valence-corrected chi connectivity index (χ3v) is 6.97. The lowest BCUT2D eigenvalue weighted by atomic mass is 9.70. The molecule has 3 aliphatic rings. The van der Waals surface area contributed by atoms with Crippen molar-refractivity contribution in [2.24, 2.45) is 11.1 Å². The summed E-state index contributed by atoms with van der Waals surface area (Å²) in [6, 6.07) is 10.00. The van der Waals surface area contributed by atoms with Crippen molar-refractivity contribution in [2.75, 3.05) is 13.1 Å². The van der Waals surface area contributed by atoms with Gasteiger partial charge in [0.05, 0.1) is 5.92 Å². The average molecular weight is 445 g/mol. The summed E-state index contributed by atoms with van der Waals surface area (Å²) in [6.07, 6.45) is 4.95. The Hall–Kier alpha value is -3.53. The van der Waals surface area contributed by atoms with Gasteiger partial charge in [0.15, 0.2) is 5.78 Å². The van der Waals surface area contributed by atoms with Crippen LogP contribution < -0.4 is 5.73 Å². The average Bonchev–Trinajstić information content (AvgIpc) is 3.41. The van der Waals surface area contributed by atoms with E-state index in [1.54, 1.807) is 0 Å². The van der Waals surface area contributed by atoms with Gasteiger partial charge in [-0.2, -0.15) is 5.26 Å². The lowest BCUT2D eigenvalue weighted by Gasteiger charge is -2.37. The van der Waals surface area contributed by atoms with Crippen molar-refractivity contribution in [3.63, 3.8) is 0 Å². The van der Waals surface area contributed by atoms with Gasteiger partial charge in [-0.1, -0.05) is 32.0 Å². The zero-order chi connectivity index (χ0) is 23.3. The molecular formula is C26H28N4O3. The molecule has 0 saturated carbocycles. The van der Waals surface area contributed by atoms with Gasteiger partial charge in [-0.05, 0) is 29.9 Å². The molecule has 0 spiro atoms. The van der Waals surface area contributed by atoms with E-state index in [2.05, 4.69) is 6.07 Å². The first-order valence-electron chi connectivity index (χ1n) is 11.5. The molecule has 1 amide bonds. The fourth-order valence-corrected chi connectivity index (χ4v) is 5.44. The van der Waals surface area contributed by atoms with Crippen LogP contribution in [0, 0.1) is 16.7 Å². The summed E-state index contributed by atoms with van der Waals surface area (Å²) in [7, 11) is 0. The molecule has 3 heterocycles. The summed E-state index contributed by atoms with van der Waals surface area (Å²) in [5.74, 6) is 0.0732. The Morgan fingerprint density at radius 2 is 1.97 bits per heavy atom. The number of rotatable bonds is 3. The van der Waals surface area contributed by atoms with E-state index in [9.17, 15) is 14.9 Å². The quantitative estimate of drug-likeness (QED) is 0.778. The van der Waals surface area contributed by atoms with Crippen LogP contribution in [-0.4, -0.2) is 34.2 Å². The van der Waals surface area contributed by atoms with Crippen LogP contribution in [-0.2, 0) is 20.9 Å². The number of carbonyl (C=O) groups is 2. The Bertz CT molecular complexity index is 1270. The largest absolute Gasteiger partial charge is 0.444 e. The summed E-state index contributed by atoms with van der Waals surface area (Å²) in [4.78, 5) is 28.1. The predicted octanol–water partition coefficient (Wildman–Crippen LogP) is 3.71. The van der Waals surface area contributed by atoms with E-state index in [-0.39, 0.29) is 35.1 Å². The second kappa shape index (κ2) is 7.80. The Morgan fingerprint density at radius 3 is 2.70 bits per heavy atom. The molecule has 1 fully saturated rings. The van der Waals surface area contributed by atoms with Crippen molar-refractivity contribution in [1.82, 2.24) is 9.47 Å². The first kappa shape index (κ1) is 21.3. The van der Waals surface area contributed by atoms with Gasteiger partial charge >= 0.3 is 0 Å². The van der Waals surface area contributed by atoms with Crippen LogP contribution in [0.3, 0.4) is 0 Å². The van der Waals surface area contributed by atoms with E-state index in [1.165, 1.54) is 0 Å². The molecule has 5 rings (SSSR count). The number of hydrogen-bond acceptors (Lipinski definition) is 5. The summed E-state index contributed by atoms with van der Waals surface area (Å²) in [6.45, 7) is 5.87. The number of likely N-dealkylation sites (tertiary alicyclic amines) is 1. The fraction of sp³-hybridized carbons (Fsp3) is 0.423. The maximum Gasteiger partial charge on any atom is 0.242 e. The second-order valence-corrected chi connectivity index (χ2v) is 10.0. The molecule has 2 aliphatic heterocycles. The summed E-state index contributed by atoms with van der Waals surface area (Å²) in [5.41, 5.74) is 8.43. The van der Waals surface area contributed by atoms with Crippen LogP contribution in [0.4, 0.5) is 0 Å². The minimum Gasteiger partial charge on any atom is -0.444 e. The lowest BCUT2D eigenvalue weighted by Crippen LogP contribution is -2.33. The van der Waals surface area contributed by atoms with Crippen molar-refractivity contribution >= 4 is 22.6 Å². The van der Waals surface area contributed by atoms with Crippen LogP contribution in [0.2, 0.25) is 0 Å². The maximum absolute atomic E-state index is 13.3. The van der Waals surface area contributed by atoms with Crippen LogP contribution in [0.15, 0.2) is 53.3 Å². The number of ether oxygens (including phenoxy) is 1. The van der Waals surface area contributed by atoms with E-state index >= 15 is 0 Å². The third-order valence-electron chi connectivity index (χ3n) is 6.97. The highest BCUT2D eigenvalue weighted by Crippen LogP contribution is 2.49. The van der Waals surface area contributed by atoms with E-state index < -0.39 is 5.92 Å². The normalized spacial score (nSPS) is 22.4. The number of nitrogens with zero attached hydrogens (tertiary/aromatic N) is 3. The van der Waals surface area contributed by atoms with Crippen LogP contribution >= 0.6 is 0 Å². The number of para-hydroxylation sites is 1. The van der Waals surface area contributed by atoms with Crippen molar-refractivity contribution < 1.29 is 14.3 Å². The lowest BCUT2D eigenvalue weighted by molar-refractivity contribution is -0.130. The number of carbonyl (C=O) groups excluding carboxylic acids is 2. The van der Waals surface area contributed by atoms with Crippen LogP contribution in [0.1, 0.15) is 51.0 Å². The summed E-state index contributed by atoms with van der Waals surface area (Å²) in [5, 5.41) is 10.9. The molecule has 0 radical (unpaired) electrons. The van der Waals surface area contributed by atoms with Gasteiger partial charge in [-0.25, -0.2) is 0 Å². The highest BCUT2D eigenvalue weighted by molar-refractivity contribution is 6.01. The number of fused-ring (bicyclic) bond motifs is 1. The molecule has 7 heteroatoms. The highest BCUT2D eigenvalue weighted by Gasteiger charge is 2.43. The van der Waals surface area contributed by atoms with Gasteiger partial charge in [-0.15, -0.1) is 0 Å². The molecule has 33 heavy (non-hydrogen) atoms. The molecule has 0 bridgehead atoms. The number of aromatic nitrogens is 1. The Balaban J connectivity index is 1.64. The number of amides is 1. The van der Waals surface area contributed by atoms with Gasteiger partial charge in [0.2, 0.25) is 11.8 Å². The Morgan fingerprint density at radius 1 is 1.24 bits per heavy atom. The van der Waals surface area contributed by atoms with E-state index in [4.69, 9.17) is 10.5 Å². The fourth-order valence-electron chi connectivity index (χ4n) is 5.44. The Kier molecular flexibility index (Phi) is 5.04. The number of Topliss-reactive ketones (excluding diaryl/α,β-unsaturated/α-hetero) is 1. The number of nitrogens with two attached hydrogens (primary N) is 1. The second-order valence-electron chi connectivity index (χ2n) is 10.0. The molecule has 170 valence electrons. The van der Waals surface area contributed by atoms with Gasteiger partial charge in [0.25, 0.3) is 0 Å². The van der Waals surface area contributed by atoms with Gasteiger partial charge in [-0.3, -0.25) is 9.59 Å². The number of ketones is 1. The number of hydrogen-bond donors (Lipinski definition) is 1. The third kappa shape index (κ3) is 3.60. The standard InChI is InChI=1S/C26H28N4O3/c1-26(2)11-20(31)24-21(12-26)33-25(28)17(13-27)23(24)18-14-30(19-8-4-3-7-16(18)19)15-22(32)29-9-5-6-10-29/h3-4,7-8,14,23H,5-6,9-12,15,28H2,1-2H3. The topological polar surface area (TPSA) is 101 Å². The minimum absolute atomic E-state index is 0.0172. The maximum atomic E-state index is 13.3. The Labute approximate surface area is 193 Å². The monoisotopic (exact) mass is 444 g/mol. The number of allylic oxidation sites excluding steroid dienone is 3. The van der Waals surface area contributed by atoms with Crippen LogP contribution in [0.25, 0.3) is 10.9 Å². The first-order valence-corrected chi connectivity index (χ1v) is 11.5. The zero-order valence-electron chi connectivity index (χ0n) is 19.1. The van der Waals surface area contributed by atoms with Crippen molar-refractivity contribution in [2.45, 2.75) is 52.0 Å². The van der Waals surface area contributed by atoms with Gasteiger partial charge in [0.1, 0.15) is 23.9 Å². The molecule has 7 nitrogen and oxygen atoms in total.